The second kappa shape index (κ2) is 4.91. The zero-order valence-electron chi connectivity index (χ0n) is 11.4. The van der Waals surface area contributed by atoms with Gasteiger partial charge in [-0.1, -0.05) is 54.6 Å². The minimum absolute atomic E-state index is 0.663. The molecule has 3 aromatic carbocycles. The van der Waals surface area contributed by atoms with Gasteiger partial charge in [0, 0.05) is 5.56 Å². The van der Waals surface area contributed by atoms with Crippen molar-refractivity contribution < 1.29 is 4.42 Å². The Bertz CT molecular complexity index is 842. The van der Waals surface area contributed by atoms with Crippen LogP contribution in [0.4, 0.5) is 0 Å². The molecule has 0 N–H and O–H groups in total. The van der Waals surface area contributed by atoms with Crippen LogP contribution >= 0.6 is 0 Å². The molecular formula is C19H13NO. The van der Waals surface area contributed by atoms with Crippen molar-refractivity contribution in [2.75, 3.05) is 0 Å². The Morgan fingerprint density at radius 3 is 2.00 bits per heavy atom. The molecule has 0 radical (unpaired) electrons. The molecule has 100 valence electrons. The van der Waals surface area contributed by atoms with Crippen LogP contribution in [0.2, 0.25) is 0 Å². The number of benzene rings is 3. The minimum atomic E-state index is 0.663. The Kier molecular flexibility index (Phi) is 2.79. The lowest BCUT2D eigenvalue weighted by atomic mass is 10.1. The van der Waals surface area contributed by atoms with Gasteiger partial charge in [0.15, 0.2) is 5.58 Å². The third-order valence-electron chi connectivity index (χ3n) is 3.52. The quantitative estimate of drug-likeness (QED) is 0.503. The van der Waals surface area contributed by atoms with E-state index in [1.165, 1.54) is 5.56 Å². The van der Waals surface area contributed by atoms with Crippen LogP contribution in [0.25, 0.3) is 33.7 Å². The first-order chi connectivity index (χ1) is 10.4. The van der Waals surface area contributed by atoms with Crippen LogP contribution in [0.15, 0.2) is 83.3 Å². The molecule has 0 bridgehead atoms. The van der Waals surface area contributed by atoms with E-state index in [1.807, 2.05) is 54.6 Å². The normalized spacial score (nSPS) is 10.9. The van der Waals surface area contributed by atoms with Crippen molar-refractivity contribution in [2.24, 2.45) is 0 Å². The standard InChI is InChI=1S/C19H13NO/c1-3-7-14(8-4-1)16-11-12-18-17(13-16)20-19(21-18)15-9-5-2-6-10-15/h1-13H. The molecular weight excluding hydrogens is 258 g/mol. The van der Waals surface area contributed by atoms with Crippen LogP contribution in [0.5, 0.6) is 0 Å². The summed E-state index contributed by atoms with van der Waals surface area (Å²) in [5.41, 5.74) is 5.03. The maximum atomic E-state index is 5.83. The van der Waals surface area contributed by atoms with Gasteiger partial charge in [-0.25, -0.2) is 4.98 Å². The van der Waals surface area contributed by atoms with Crippen LogP contribution in [-0.4, -0.2) is 4.98 Å². The highest BCUT2D eigenvalue weighted by atomic mass is 16.3. The molecule has 0 amide bonds. The van der Waals surface area contributed by atoms with Gasteiger partial charge in [0.05, 0.1) is 0 Å². The third kappa shape index (κ3) is 2.21. The van der Waals surface area contributed by atoms with Crippen molar-refractivity contribution in [3.63, 3.8) is 0 Å². The average molecular weight is 271 g/mol. The summed E-state index contributed by atoms with van der Waals surface area (Å²) in [4.78, 5) is 4.60. The van der Waals surface area contributed by atoms with Gasteiger partial charge >= 0.3 is 0 Å². The molecule has 0 aliphatic carbocycles. The summed E-state index contributed by atoms with van der Waals surface area (Å²) < 4.78 is 5.83. The first-order valence-corrected chi connectivity index (χ1v) is 6.91. The third-order valence-corrected chi connectivity index (χ3v) is 3.52. The van der Waals surface area contributed by atoms with E-state index in [0.29, 0.717) is 5.89 Å². The Labute approximate surface area is 122 Å². The van der Waals surface area contributed by atoms with Gasteiger partial charge in [-0.05, 0) is 35.4 Å². The fraction of sp³-hybridized carbons (Fsp3) is 0. The van der Waals surface area contributed by atoms with Gasteiger partial charge < -0.3 is 4.42 Å². The predicted octanol–water partition coefficient (Wildman–Crippen LogP) is 5.16. The van der Waals surface area contributed by atoms with Crippen LogP contribution in [0.1, 0.15) is 0 Å². The number of fused-ring (bicyclic) bond motifs is 1. The van der Waals surface area contributed by atoms with E-state index >= 15 is 0 Å². The molecule has 1 heterocycles. The summed E-state index contributed by atoms with van der Waals surface area (Å²) >= 11 is 0. The Morgan fingerprint density at radius 1 is 0.619 bits per heavy atom. The second-order valence-corrected chi connectivity index (χ2v) is 4.93. The maximum Gasteiger partial charge on any atom is 0.227 e. The van der Waals surface area contributed by atoms with Gasteiger partial charge in [-0.3, -0.25) is 0 Å². The fourth-order valence-electron chi connectivity index (χ4n) is 2.44. The molecule has 1 aromatic heterocycles. The molecule has 0 atom stereocenters. The van der Waals surface area contributed by atoms with Crippen molar-refractivity contribution in [3.8, 4) is 22.6 Å². The van der Waals surface area contributed by atoms with Crippen molar-refractivity contribution in [1.82, 2.24) is 4.98 Å². The van der Waals surface area contributed by atoms with E-state index in [9.17, 15) is 0 Å². The highest BCUT2D eigenvalue weighted by Crippen LogP contribution is 2.28. The minimum Gasteiger partial charge on any atom is -0.436 e. The Balaban J connectivity index is 1.82. The van der Waals surface area contributed by atoms with Gasteiger partial charge in [-0.2, -0.15) is 0 Å². The lowest BCUT2D eigenvalue weighted by Crippen LogP contribution is -1.77. The smallest absolute Gasteiger partial charge is 0.227 e. The van der Waals surface area contributed by atoms with Crippen LogP contribution in [0, 0.1) is 0 Å². The van der Waals surface area contributed by atoms with Crippen molar-refractivity contribution in [3.05, 3.63) is 78.9 Å². The molecule has 0 aliphatic rings. The summed E-state index contributed by atoms with van der Waals surface area (Å²) in [6, 6.07) is 26.4. The first-order valence-electron chi connectivity index (χ1n) is 6.91. The highest BCUT2D eigenvalue weighted by molar-refractivity contribution is 5.82. The molecule has 0 fully saturated rings. The molecule has 4 rings (SSSR count). The summed E-state index contributed by atoms with van der Waals surface area (Å²) in [7, 11) is 0. The molecule has 2 nitrogen and oxygen atoms in total. The van der Waals surface area contributed by atoms with Gasteiger partial charge in [-0.15, -0.1) is 0 Å². The summed E-state index contributed by atoms with van der Waals surface area (Å²) in [5, 5.41) is 0. The number of oxazole rings is 1. The van der Waals surface area contributed by atoms with Crippen LogP contribution in [0.3, 0.4) is 0 Å². The Hall–Kier alpha value is -2.87. The van der Waals surface area contributed by atoms with Crippen molar-refractivity contribution in [1.29, 1.82) is 0 Å². The second-order valence-electron chi connectivity index (χ2n) is 4.93. The first kappa shape index (κ1) is 11.9. The van der Waals surface area contributed by atoms with E-state index in [1.54, 1.807) is 0 Å². The van der Waals surface area contributed by atoms with Crippen LogP contribution in [-0.2, 0) is 0 Å². The van der Waals surface area contributed by atoms with Gasteiger partial charge in [0.1, 0.15) is 5.52 Å². The van der Waals surface area contributed by atoms with Crippen molar-refractivity contribution >= 4 is 11.1 Å². The summed E-state index contributed by atoms with van der Waals surface area (Å²) in [6.45, 7) is 0. The van der Waals surface area contributed by atoms with E-state index < -0.39 is 0 Å². The number of hydrogen-bond donors (Lipinski definition) is 0. The molecule has 0 saturated carbocycles. The molecule has 21 heavy (non-hydrogen) atoms. The summed E-state index contributed by atoms with van der Waals surface area (Å²) in [5.74, 6) is 0.663. The monoisotopic (exact) mass is 271 g/mol. The highest BCUT2D eigenvalue weighted by Gasteiger charge is 2.08. The topological polar surface area (TPSA) is 26.0 Å². The lowest BCUT2D eigenvalue weighted by Gasteiger charge is -1.99. The molecule has 0 aliphatic heterocycles. The van der Waals surface area contributed by atoms with E-state index in [4.69, 9.17) is 4.42 Å². The zero-order chi connectivity index (χ0) is 14.1. The molecule has 0 saturated heterocycles. The SMILES string of the molecule is c1ccc(-c2ccc3oc(-c4ccccc4)nc3c2)cc1. The van der Waals surface area contributed by atoms with Gasteiger partial charge in [0.25, 0.3) is 0 Å². The maximum absolute atomic E-state index is 5.83. The number of hydrogen-bond acceptors (Lipinski definition) is 2. The van der Waals surface area contributed by atoms with E-state index in [2.05, 4.69) is 29.2 Å². The average Bonchev–Trinajstić information content (AvgIpc) is 2.99. The molecule has 4 aromatic rings. The van der Waals surface area contributed by atoms with E-state index in [0.717, 1.165) is 22.2 Å². The molecule has 0 unspecified atom stereocenters. The predicted molar refractivity (Wildman–Crippen MR) is 84.9 cm³/mol. The van der Waals surface area contributed by atoms with Crippen LogP contribution < -0.4 is 0 Å². The largest absolute Gasteiger partial charge is 0.436 e. The molecule has 0 spiro atoms. The zero-order valence-corrected chi connectivity index (χ0v) is 11.4. The number of rotatable bonds is 2. The molecule has 2 heteroatoms. The number of aromatic nitrogens is 1. The summed E-state index contributed by atoms with van der Waals surface area (Å²) in [6.07, 6.45) is 0. The number of nitrogens with zero attached hydrogens (tertiary/aromatic N) is 1. The lowest BCUT2D eigenvalue weighted by molar-refractivity contribution is 0.620. The van der Waals surface area contributed by atoms with Crippen molar-refractivity contribution in [2.45, 2.75) is 0 Å². The fourth-order valence-corrected chi connectivity index (χ4v) is 2.44. The van der Waals surface area contributed by atoms with E-state index in [-0.39, 0.29) is 0 Å². The Morgan fingerprint density at radius 2 is 1.29 bits per heavy atom. The van der Waals surface area contributed by atoms with Gasteiger partial charge in [0.2, 0.25) is 5.89 Å².